The fourth-order valence-electron chi connectivity index (χ4n) is 1.63. The molecule has 0 bridgehead atoms. The van der Waals surface area contributed by atoms with E-state index in [4.69, 9.17) is 4.74 Å². The molecule has 0 fully saturated rings. The first-order chi connectivity index (χ1) is 8.21. The van der Waals surface area contributed by atoms with Gasteiger partial charge in [0.2, 0.25) is 0 Å². The van der Waals surface area contributed by atoms with Crippen LogP contribution in [0.25, 0.3) is 0 Å². The van der Waals surface area contributed by atoms with Gasteiger partial charge in [0.25, 0.3) is 0 Å². The van der Waals surface area contributed by atoms with E-state index in [2.05, 4.69) is 0 Å². The first kappa shape index (κ1) is 14.5. The quantitative estimate of drug-likeness (QED) is 0.773. The fourth-order valence-corrected chi connectivity index (χ4v) is 1.63. The second-order valence-electron chi connectivity index (χ2n) is 4.23. The molecule has 0 unspecified atom stereocenters. The molecule has 1 rings (SSSR count). The molecule has 0 amide bonds. The summed E-state index contributed by atoms with van der Waals surface area (Å²) in [7, 11) is 0. The van der Waals surface area contributed by atoms with Gasteiger partial charge in [-0.3, -0.25) is 4.79 Å². The van der Waals surface area contributed by atoms with E-state index in [0.29, 0.717) is 5.56 Å². The van der Waals surface area contributed by atoms with Crippen molar-refractivity contribution in [2.24, 2.45) is 0 Å². The third-order valence-electron chi connectivity index (χ3n) is 2.80. The van der Waals surface area contributed by atoms with Crippen molar-refractivity contribution < 1.29 is 22.7 Å². The van der Waals surface area contributed by atoms with Gasteiger partial charge in [-0.05, 0) is 18.6 Å². The summed E-state index contributed by atoms with van der Waals surface area (Å²) in [4.78, 5) is 10.8. The van der Waals surface area contributed by atoms with Crippen LogP contribution in [0.1, 0.15) is 37.8 Å². The molecule has 2 atom stereocenters. The molecule has 0 N–H and O–H groups in total. The van der Waals surface area contributed by atoms with Crippen molar-refractivity contribution >= 4 is 5.97 Å². The molecule has 0 radical (unpaired) electrons. The summed E-state index contributed by atoms with van der Waals surface area (Å²) >= 11 is 0. The Balaban J connectivity index is 2.93. The van der Waals surface area contributed by atoms with Crippen molar-refractivity contribution in [1.82, 2.24) is 0 Å². The van der Waals surface area contributed by atoms with Crippen LogP contribution in [0.3, 0.4) is 0 Å². The molecule has 0 aromatic heterocycles. The van der Waals surface area contributed by atoms with Gasteiger partial charge in [-0.1, -0.05) is 25.1 Å². The van der Waals surface area contributed by atoms with E-state index >= 15 is 0 Å². The van der Waals surface area contributed by atoms with Gasteiger partial charge in [-0.15, -0.1) is 0 Å². The van der Waals surface area contributed by atoms with Crippen LogP contribution in [0.15, 0.2) is 24.3 Å². The Morgan fingerprint density at radius 2 is 1.89 bits per heavy atom. The highest BCUT2D eigenvalue weighted by Gasteiger charge is 2.31. The predicted molar refractivity (Wildman–Crippen MR) is 61.1 cm³/mol. The van der Waals surface area contributed by atoms with Gasteiger partial charge in [0.05, 0.1) is 5.56 Å². The Hall–Kier alpha value is -1.52. The number of hydrogen-bond donors (Lipinski definition) is 0. The predicted octanol–water partition coefficient (Wildman–Crippen LogP) is 3.76. The number of hydrogen-bond acceptors (Lipinski definition) is 2. The second kappa shape index (κ2) is 5.42. The molecule has 2 nitrogen and oxygen atoms in total. The summed E-state index contributed by atoms with van der Waals surface area (Å²) in [5.74, 6) is -0.738. The Bertz CT molecular complexity index is 426. The highest BCUT2D eigenvalue weighted by atomic mass is 19.4. The summed E-state index contributed by atoms with van der Waals surface area (Å²) in [6, 6.07) is 5.06. The van der Waals surface area contributed by atoms with Crippen LogP contribution in [0.5, 0.6) is 0 Å². The Labute approximate surface area is 104 Å². The van der Waals surface area contributed by atoms with Crippen LogP contribution in [0, 0.1) is 0 Å². The van der Waals surface area contributed by atoms with E-state index in [-0.39, 0.29) is 5.92 Å². The average Bonchev–Trinajstić information content (AvgIpc) is 2.26. The number of halogens is 3. The summed E-state index contributed by atoms with van der Waals surface area (Å²) < 4.78 is 42.6. The van der Waals surface area contributed by atoms with E-state index in [9.17, 15) is 18.0 Å². The number of esters is 1. The van der Waals surface area contributed by atoms with Gasteiger partial charge >= 0.3 is 12.1 Å². The third-order valence-corrected chi connectivity index (χ3v) is 2.80. The first-order valence-electron chi connectivity index (χ1n) is 5.56. The number of alkyl halides is 3. The van der Waals surface area contributed by atoms with Gasteiger partial charge in [-0.25, -0.2) is 0 Å². The lowest BCUT2D eigenvalue weighted by atomic mass is 9.94. The number of rotatable bonds is 3. The van der Waals surface area contributed by atoms with Crippen molar-refractivity contribution in [2.75, 3.05) is 0 Å². The lowest BCUT2D eigenvalue weighted by Gasteiger charge is -2.21. The summed E-state index contributed by atoms with van der Waals surface area (Å²) in [6.45, 7) is 4.66. The van der Waals surface area contributed by atoms with Crippen LogP contribution in [0.4, 0.5) is 13.2 Å². The summed E-state index contributed by atoms with van der Waals surface area (Å²) in [5, 5.41) is 0. The fraction of sp³-hybridized carbons (Fsp3) is 0.462. The van der Waals surface area contributed by atoms with Gasteiger partial charge in [-0.2, -0.15) is 13.2 Å². The van der Waals surface area contributed by atoms with Crippen LogP contribution < -0.4 is 0 Å². The monoisotopic (exact) mass is 260 g/mol. The summed E-state index contributed by atoms with van der Waals surface area (Å²) in [6.07, 6.45) is -4.83. The first-order valence-corrected chi connectivity index (χ1v) is 5.56. The zero-order valence-electron chi connectivity index (χ0n) is 10.4. The molecule has 0 aliphatic carbocycles. The average molecular weight is 260 g/mol. The van der Waals surface area contributed by atoms with Gasteiger partial charge in [0.15, 0.2) is 0 Å². The maximum atomic E-state index is 12.6. The Morgan fingerprint density at radius 3 is 2.39 bits per heavy atom. The van der Waals surface area contributed by atoms with E-state index in [1.165, 1.54) is 13.0 Å². The third kappa shape index (κ3) is 3.75. The standard InChI is InChI=1S/C13H15F3O2/c1-8(9(2)18-10(3)17)11-5-4-6-12(7-11)13(14,15)16/h4-9H,1-3H3/t8-,9-/m1/s1. The minimum atomic E-state index is -4.36. The highest BCUT2D eigenvalue weighted by molar-refractivity contribution is 5.66. The van der Waals surface area contributed by atoms with Crippen molar-refractivity contribution in [2.45, 2.75) is 39.0 Å². The van der Waals surface area contributed by atoms with Crippen molar-refractivity contribution in [1.29, 1.82) is 0 Å². The molecular weight excluding hydrogens is 245 g/mol. The zero-order valence-corrected chi connectivity index (χ0v) is 10.4. The lowest BCUT2D eigenvalue weighted by molar-refractivity contribution is -0.146. The lowest BCUT2D eigenvalue weighted by Crippen LogP contribution is -2.19. The molecule has 18 heavy (non-hydrogen) atoms. The summed E-state index contributed by atoms with van der Waals surface area (Å²) in [5.41, 5.74) is -0.194. The van der Waals surface area contributed by atoms with Gasteiger partial charge < -0.3 is 4.74 Å². The Kier molecular flexibility index (Phi) is 4.38. The molecule has 0 aliphatic rings. The molecule has 1 aromatic rings. The molecular formula is C13H15F3O2. The van der Waals surface area contributed by atoms with Gasteiger partial charge in [0, 0.05) is 12.8 Å². The van der Waals surface area contributed by atoms with Crippen molar-refractivity contribution in [3.63, 3.8) is 0 Å². The SMILES string of the molecule is CC(=O)O[C@H](C)[C@@H](C)c1cccc(C(F)(F)F)c1. The number of ether oxygens (including phenoxy) is 1. The molecule has 0 saturated carbocycles. The molecule has 0 spiro atoms. The molecule has 100 valence electrons. The maximum absolute atomic E-state index is 12.6. The van der Waals surface area contributed by atoms with E-state index in [0.717, 1.165) is 12.1 Å². The smallest absolute Gasteiger partial charge is 0.416 e. The van der Waals surface area contributed by atoms with Crippen molar-refractivity contribution in [3.05, 3.63) is 35.4 Å². The zero-order chi connectivity index (χ0) is 13.9. The number of carbonyl (C=O) groups is 1. The Morgan fingerprint density at radius 1 is 1.28 bits per heavy atom. The van der Waals surface area contributed by atoms with Crippen LogP contribution in [0.2, 0.25) is 0 Å². The second-order valence-corrected chi connectivity index (χ2v) is 4.23. The molecule has 1 aromatic carbocycles. The van der Waals surface area contributed by atoms with E-state index in [1.54, 1.807) is 19.9 Å². The normalized spacial score (nSPS) is 15.0. The molecule has 0 saturated heterocycles. The van der Waals surface area contributed by atoms with E-state index < -0.39 is 23.8 Å². The number of carbonyl (C=O) groups excluding carboxylic acids is 1. The highest BCUT2D eigenvalue weighted by Crippen LogP contribution is 2.32. The topological polar surface area (TPSA) is 26.3 Å². The number of benzene rings is 1. The molecule has 5 heteroatoms. The minimum absolute atomic E-state index is 0.295. The van der Waals surface area contributed by atoms with E-state index in [1.807, 2.05) is 0 Å². The van der Waals surface area contributed by atoms with Crippen LogP contribution in [-0.4, -0.2) is 12.1 Å². The van der Waals surface area contributed by atoms with Crippen LogP contribution in [-0.2, 0) is 15.7 Å². The molecule has 0 aliphatic heterocycles. The van der Waals surface area contributed by atoms with Crippen molar-refractivity contribution in [3.8, 4) is 0 Å². The van der Waals surface area contributed by atoms with Gasteiger partial charge in [0.1, 0.15) is 6.10 Å². The maximum Gasteiger partial charge on any atom is 0.416 e. The minimum Gasteiger partial charge on any atom is -0.462 e. The largest absolute Gasteiger partial charge is 0.462 e. The molecule has 0 heterocycles. The van der Waals surface area contributed by atoms with Crippen LogP contribution >= 0.6 is 0 Å².